The van der Waals surface area contributed by atoms with Gasteiger partial charge in [-0.2, -0.15) is 0 Å². The van der Waals surface area contributed by atoms with Gasteiger partial charge in [0.15, 0.2) is 0 Å². The van der Waals surface area contributed by atoms with E-state index in [-0.39, 0.29) is 4.58 Å². The molecule has 0 radical (unpaired) electrons. The maximum Gasteiger partial charge on any atom is 0.110 e. The molecule has 1 fully saturated rings. The lowest BCUT2D eigenvalue weighted by molar-refractivity contribution is -0.0952. The summed E-state index contributed by atoms with van der Waals surface area (Å²) in [6.45, 7) is 1.39. The Morgan fingerprint density at radius 1 is 1.00 bits per heavy atom. The fourth-order valence-electron chi connectivity index (χ4n) is 1.35. The number of rotatable bonds is 4. The van der Waals surface area contributed by atoms with E-state index in [4.69, 9.17) is 5.11 Å². The first-order valence-corrected chi connectivity index (χ1v) is 7.09. The number of hydrogen-bond acceptors (Lipinski definition) is 6. The Morgan fingerprint density at radius 2 is 1.53 bits per heavy atom. The van der Waals surface area contributed by atoms with Crippen molar-refractivity contribution in [2.45, 2.75) is 42.3 Å². The van der Waals surface area contributed by atoms with Crippen LogP contribution in [-0.4, -0.2) is 60.9 Å². The van der Waals surface area contributed by atoms with Crippen molar-refractivity contribution in [3.63, 3.8) is 0 Å². The second kappa shape index (κ2) is 6.32. The Balaban J connectivity index is 2.46. The minimum Gasteiger partial charge on any atom is -0.391 e. The lowest BCUT2D eigenvalue weighted by Gasteiger charge is -2.31. The van der Waals surface area contributed by atoms with Crippen LogP contribution in [0.4, 0.5) is 0 Å². The van der Waals surface area contributed by atoms with Crippen LogP contribution in [0.5, 0.6) is 0 Å². The highest BCUT2D eigenvalue weighted by molar-refractivity contribution is 8.17. The second-order valence-corrected chi connectivity index (χ2v) is 6.47. The lowest BCUT2D eigenvalue weighted by atomic mass is 10.1. The lowest BCUT2D eigenvalue weighted by Crippen LogP contribution is -2.47. The first-order chi connectivity index (χ1) is 7.04. The summed E-state index contributed by atoms with van der Waals surface area (Å²) in [7, 11) is 0. The summed E-state index contributed by atoms with van der Waals surface area (Å²) in [6.07, 6.45) is -3.50. The quantitative estimate of drug-likeness (QED) is 0.549. The standard InChI is InChI=1S/C9H18O4S2/c1-5(10)6(11)7(12)8(13)9-14-3-2-4-15-9/h5-13H,2-4H2,1H3/t5-,6-,7+,8+/m0/s1. The maximum absolute atomic E-state index is 9.80. The van der Waals surface area contributed by atoms with Crippen LogP contribution < -0.4 is 0 Å². The predicted molar refractivity (Wildman–Crippen MR) is 63.0 cm³/mol. The molecule has 0 spiro atoms. The molecule has 0 unspecified atom stereocenters. The van der Waals surface area contributed by atoms with Crippen LogP contribution in [0.15, 0.2) is 0 Å². The van der Waals surface area contributed by atoms with Crippen LogP contribution in [0.3, 0.4) is 0 Å². The van der Waals surface area contributed by atoms with Crippen LogP contribution in [0.1, 0.15) is 13.3 Å². The van der Waals surface area contributed by atoms with Gasteiger partial charge in [0.2, 0.25) is 0 Å². The van der Waals surface area contributed by atoms with Gasteiger partial charge in [-0.15, -0.1) is 23.5 Å². The van der Waals surface area contributed by atoms with Gasteiger partial charge < -0.3 is 20.4 Å². The van der Waals surface area contributed by atoms with Crippen molar-refractivity contribution in [2.75, 3.05) is 11.5 Å². The molecule has 0 saturated carbocycles. The van der Waals surface area contributed by atoms with E-state index in [1.165, 1.54) is 6.92 Å². The Labute approximate surface area is 98.1 Å². The number of aliphatic hydroxyl groups excluding tert-OH is 4. The predicted octanol–water partition coefficient (Wildman–Crippen LogP) is -0.354. The summed E-state index contributed by atoms with van der Waals surface area (Å²) in [4.78, 5) is 0. The van der Waals surface area contributed by atoms with Crippen molar-refractivity contribution in [1.29, 1.82) is 0 Å². The molecule has 15 heavy (non-hydrogen) atoms. The molecule has 0 aromatic heterocycles. The van der Waals surface area contributed by atoms with Crippen molar-refractivity contribution in [2.24, 2.45) is 0 Å². The van der Waals surface area contributed by atoms with E-state index < -0.39 is 24.4 Å². The van der Waals surface area contributed by atoms with Crippen molar-refractivity contribution in [3.05, 3.63) is 0 Å². The normalized spacial score (nSPS) is 27.0. The van der Waals surface area contributed by atoms with Gasteiger partial charge in [-0.25, -0.2) is 0 Å². The number of hydrogen-bond donors (Lipinski definition) is 4. The molecule has 4 nitrogen and oxygen atoms in total. The van der Waals surface area contributed by atoms with E-state index in [2.05, 4.69) is 0 Å². The zero-order valence-electron chi connectivity index (χ0n) is 8.61. The van der Waals surface area contributed by atoms with E-state index in [0.29, 0.717) is 0 Å². The van der Waals surface area contributed by atoms with Crippen LogP contribution in [0.25, 0.3) is 0 Å². The molecule has 0 aromatic rings. The van der Waals surface area contributed by atoms with Gasteiger partial charge in [0.25, 0.3) is 0 Å². The summed E-state index contributed by atoms with van der Waals surface area (Å²) in [5.41, 5.74) is 0. The van der Waals surface area contributed by atoms with Gasteiger partial charge >= 0.3 is 0 Å². The molecule has 0 aliphatic carbocycles. The monoisotopic (exact) mass is 254 g/mol. The SMILES string of the molecule is C[C@H](O)[C@H](O)[C@@H](O)[C@@H](O)C1SCCCS1. The Bertz CT molecular complexity index is 185. The zero-order valence-corrected chi connectivity index (χ0v) is 10.2. The minimum atomic E-state index is -1.29. The van der Waals surface area contributed by atoms with Gasteiger partial charge in [0.1, 0.15) is 18.3 Å². The Morgan fingerprint density at radius 3 is 2.00 bits per heavy atom. The molecule has 1 heterocycles. The molecule has 4 N–H and O–H groups in total. The summed E-state index contributed by atoms with van der Waals surface area (Å²) in [6, 6.07) is 0. The number of aliphatic hydroxyl groups is 4. The topological polar surface area (TPSA) is 80.9 Å². The third-order valence-corrected chi connectivity index (χ3v) is 5.41. The van der Waals surface area contributed by atoms with E-state index >= 15 is 0 Å². The average molecular weight is 254 g/mol. The molecule has 4 atom stereocenters. The molecule has 1 aliphatic rings. The summed E-state index contributed by atoms with van der Waals surface area (Å²) in [5, 5.41) is 37.9. The van der Waals surface area contributed by atoms with Crippen LogP contribution in [0, 0.1) is 0 Å². The van der Waals surface area contributed by atoms with Gasteiger partial charge in [-0.3, -0.25) is 0 Å². The van der Waals surface area contributed by atoms with Crippen molar-refractivity contribution >= 4 is 23.5 Å². The number of thioether (sulfide) groups is 2. The summed E-state index contributed by atoms with van der Waals surface area (Å²) in [5.74, 6) is 1.93. The van der Waals surface area contributed by atoms with Crippen molar-refractivity contribution in [1.82, 2.24) is 0 Å². The molecule has 0 amide bonds. The van der Waals surface area contributed by atoms with Crippen LogP contribution >= 0.6 is 23.5 Å². The molecule has 1 aliphatic heterocycles. The fraction of sp³-hybridized carbons (Fsp3) is 1.00. The first kappa shape index (κ1) is 13.6. The smallest absolute Gasteiger partial charge is 0.110 e. The van der Waals surface area contributed by atoms with Gasteiger partial charge in [0.05, 0.1) is 10.7 Å². The highest BCUT2D eigenvalue weighted by Gasteiger charge is 2.34. The molecular weight excluding hydrogens is 236 g/mol. The van der Waals surface area contributed by atoms with E-state index in [1.807, 2.05) is 0 Å². The van der Waals surface area contributed by atoms with Crippen LogP contribution in [-0.2, 0) is 0 Å². The molecule has 1 saturated heterocycles. The molecule has 90 valence electrons. The van der Waals surface area contributed by atoms with Gasteiger partial charge in [-0.05, 0) is 24.9 Å². The van der Waals surface area contributed by atoms with Crippen LogP contribution in [0.2, 0.25) is 0 Å². The Kier molecular flexibility index (Phi) is 5.73. The molecule has 1 rings (SSSR count). The maximum atomic E-state index is 9.80. The molecular formula is C9H18O4S2. The molecule has 0 bridgehead atoms. The molecule has 6 heteroatoms. The van der Waals surface area contributed by atoms with E-state index in [0.717, 1.165) is 17.9 Å². The van der Waals surface area contributed by atoms with E-state index in [1.54, 1.807) is 23.5 Å². The second-order valence-electron chi connectivity index (χ2n) is 3.68. The minimum absolute atomic E-state index is 0.109. The van der Waals surface area contributed by atoms with Gasteiger partial charge in [0, 0.05) is 0 Å². The first-order valence-electron chi connectivity index (χ1n) is 4.99. The van der Waals surface area contributed by atoms with Crippen molar-refractivity contribution in [3.8, 4) is 0 Å². The highest BCUT2D eigenvalue weighted by atomic mass is 32.2. The Hall–Kier alpha value is 0.540. The fourth-order valence-corrected chi connectivity index (χ4v) is 4.30. The highest BCUT2D eigenvalue weighted by Crippen LogP contribution is 2.34. The largest absolute Gasteiger partial charge is 0.391 e. The zero-order chi connectivity index (χ0) is 11.4. The van der Waals surface area contributed by atoms with E-state index in [9.17, 15) is 15.3 Å². The van der Waals surface area contributed by atoms with Gasteiger partial charge in [-0.1, -0.05) is 0 Å². The summed E-state index contributed by atoms with van der Waals surface area (Å²) >= 11 is 3.18. The third-order valence-electron chi connectivity index (χ3n) is 2.33. The summed E-state index contributed by atoms with van der Waals surface area (Å²) < 4.78 is -0.109. The van der Waals surface area contributed by atoms with Crippen molar-refractivity contribution < 1.29 is 20.4 Å². The molecule has 0 aromatic carbocycles. The average Bonchev–Trinajstić information content (AvgIpc) is 2.27. The third kappa shape index (κ3) is 3.80.